The number of nitrogens with zero attached hydrogens (tertiary/aromatic N) is 3. The predicted molar refractivity (Wildman–Crippen MR) is 112 cm³/mol. The van der Waals surface area contributed by atoms with Crippen molar-refractivity contribution in [1.82, 2.24) is 14.8 Å². The number of aromatic nitrogens is 3. The maximum Gasteiger partial charge on any atom is 0.231 e. The van der Waals surface area contributed by atoms with Gasteiger partial charge in [-0.3, -0.25) is 9.36 Å². The molecular weight excluding hydrogens is 372 g/mol. The highest BCUT2D eigenvalue weighted by Crippen LogP contribution is 2.32. The van der Waals surface area contributed by atoms with E-state index in [-0.39, 0.29) is 11.2 Å². The molecular formula is C21H24N4O2S. The largest absolute Gasteiger partial charge is 0.494 e. The fourth-order valence-corrected chi connectivity index (χ4v) is 3.80. The second-order valence-corrected chi connectivity index (χ2v) is 7.52. The lowest BCUT2D eigenvalue weighted by Crippen LogP contribution is -2.25. The monoisotopic (exact) mass is 396 g/mol. The molecule has 0 aliphatic heterocycles. The Kier molecular flexibility index (Phi) is 6.36. The zero-order valence-corrected chi connectivity index (χ0v) is 17.1. The third-order valence-electron chi connectivity index (χ3n) is 4.25. The molecule has 2 aromatic carbocycles. The standard InChI is InChI=1S/C21H24N4O2S/c1-4-18(19(22)26)28-21-24-23-20(15-8-6-7-14(3)13-15)25(21)16-9-11-17(12-10-16)27-5-2/h6-13,18H,4-5H2,1-3H3,(H2,22,26). The van der Waals surface area contributed by atoms with Crippen molar-refractivity contribution >= 4 is 17.7 Å². The minimum Gasteiger partial charge on any atom is -0.494 e. The zero-order valence-electron chi connectivity index (χ0n) is 16.3. The maximum atomic E-state index is 11.7. The summed E-state index contributed by atoms with van der Waals surface area (Å²) in [7, 11) is 0. The molecule has 2 N–H and O–H groups in total. The van der Waals surface area contributed by atoms with Crippen LogP contribution in [0.25, 0.3) is 17.1 Å². The van der Waals surface area contributed by atoms with Crippen LogP contribution in [-0.2, 0) is 4.79 Å². The molecule has 0 fully saturated rings. The summed E-state index contributed by atoms with van der Waals surface area (Å²) in [4.78, 5) is 11.7. The number of nitrogens with two attached hydrogens (primary N) is 1. The SMILES string of the molecule is CCOc1ccc(-n2c(SC(CC)C(N)=O)nnc2-c2cccc(C)c2)cc1. The van der Waals surface area contributed by atoms with E-state index in [2.05, 4.69) is 16.3 Å². The third-order valence-corrected chi connectivity index (χ3v) is 5.58. The number of benzene rings is 2. The fraction of sp³-hybridized carbons (Fsp3) is 0.286. The molecule has 0 spiro atoms. The summed E-state index contributed by atoms with van der Waals surface area (Å²) in [5, 5.41) is 9.05. The van der Waals surface area contributed by atoms with Crippen LogP contribution < -0.4 is 10.5 Å². The van der Waals surface area contributed by atoms with Crippen LogP contribution in [0, 0.1) is 6.92 Å². The smallest absolute Gasteiger partial charge is 0.231 e. The number of hydrogen-bond acceptors (Lipinski definition) is 5. The van der Waals surface area contributed by atoms with Crippen LogP contribution >= 0.6 is 11.8 Å². The first kappa shape index (κ1) is 19.9. The molecule has 1 unspecified atom stereocenters. The van der Waals surface area contributed by atoms with Crippen molar-refractivity contribution in [3.05, 3.63) is 54.1 Å². The van der Waals surface area contributed by atoms with Gasteiger partial charge in [0.1, 0.15) is 5.75 Å². The highest BCUT2D eigenvalue weighted by Gasteiger charge is 2.22. The number of hydrogen-bond donors (Lipinski definition) is 1. The third kappa shape index (κ3) is 4.36. The minimum atomic E-state index is -0.365. The Balaban J connectivity index is 2.09. The molecule has 0 bridgehead atoms. The van der Waals surface area contributed by atoms with Gasteiger partial charge in [0.2, 0.25) is 5.91 Å². The molecule has 1 heterocycles. The van der Waals surface area contributed by atoms with E-state index in [4.69, 9.17) is 10.5 Å². The average molecular weight is 397 g/mol. The summed E-state index contributed by atoms with van der Waals surface area (Å²) in [6, 6.07) is 15.9. The van der Waals surface area contributed by atoms with E-state index in [1.807, 2.05) is 67.8 Å². The van der Waals surface area contributed by atoms with Crippen LogP contribution in [0.1, 0.15) is 25.8 Å². The normalized spacial score (nSPS) is 12.0. The number of aryl methyl sites for hydroxylation is 1. The Bertz CT molecular complexity index is 953. The molecule has 0 saturated heterocycles. The maximum absolute atomic E-state index is 11.7. The van der Waals surface area contributed by atoms with Crippen molar-refractivity contribution < 1.29 is 9.53 Å². The van der Waals surface area contributed by atoms with E-state index in [1.54, 1.807) is 0 Å². The summed E-state index contributed by atoms with van der Waals surface area (Å²) >= 11 is 1.34. The van der Waals surface area contributed by atoms with Gasteiger partial charge in [-0.1, -0.05) is 42.4 Å². The molecule has 0 radical (unpaired) electrons. The lowest BCUT2D eigenvalue weighted by molar-refractivity contribution is -0.117. The molecule has 146 valence electrons. The van der Waals surface area contributed by atoms with Gasteiger partial charge < -0.3 is 10.5 Å². The number of thioether (sulfide) groups is 1. The summed E-state index contributed by atoms with van der Waals surface area (Å²) < 4.78 is 7.50. The summed E-state index contributed by atoms with van der Waals surface area (Å²) in [6.45, 7) is 6.53. The molecule has 3 rings (SSSR count). The average Bonchev–Trinajstić information content (AvgIpc) is 3.10. The number of primary amides is 1. The van der Waals surface area contributed by atoms with Gasteiger partial charge in [-0.05, 0) is 50.6 Å². The Labute approximate surface area is 169 Å². The van der Waals surface area contributed by atoms with Crippen LogP contribution in [0.5, 0.6) is 5.75 Å². The molecule has 1 aromatic heterocycles. The van der Waals surface area contributed by atoms with Crippen molar-refractivity contribution in [3.63, 3.8) is 0 Å². The lowest BCUT2D eigenvalue weighted by atomic mass is 10.1. The van der Waals surface area contributed by atoms with Crippen molar-refractivity contribution in [2.45, 2.75) is 37.6 Å². The molecule has 28 heavy (non-hydrogen) atoms. The Hall–Kier alpha value is -2.80. The van der Waals surface area contributed by atoms with E-state index < -0.39 is 0 Å². The van der Waals surface area contributed by atoms with E-state index in [1.165, 1.54) is 11.8 Å². The van der Waals surface area contributed by atoms with Crippen LogP contribution in [0.4, 0.5) is 0 Å². The Morgan fingerprint density at radius 2 is 1.93 bits per heavy atom. The number of ether oxygens (including phenoxy) is 1. The Morgan fingerprint density at radius 3 is 2.54 bits per heavy atom. The van der Waals surface area contributed by atoms with Gasteiger partial charge >= 0.3 is 0 Å². The van der Waals surface area contributed by atoms with E-state index >= 15 is 0 Å². The number of carbonyl (C=O) groups excluding carboxylic acids is 1. The van der Waals surface area contributed by atoms with Crippen LogP contribution in [0.2, 0.25) is 0 Å². The molecule has 1 amide bonds. The Morgan fingerprint density at radius 1 is 1.18 bits per heavy atom. The molecule has 0 aliphatic rings. The van der Waals surface area contributed by atoms with Gasteiger partial charge in [0, 0.05) is 11.3 Å². The van der Waals surface area contributed by atoms with Crippen LogP contribution in [-0.4, -0.2) is 32.5 Å². The van der Waals surface area contributed by atoms with Crippen LogP contribution in [0.3, 0.4) is 0 Å². The van der Waals surface area contributed by atoms with Crippen molar-refractivity contribution in [1.29, 1.82) is 0 Å². The lowest BCUT2D eigenvalue weighted by Gasteiger charge is -2.14. The summed E-state index contributed by atoms with van der Waals surface area (Å²) in [6.07, 6.45) is 0.621. The van der Waals surface area contributed by atoms with E-state index in [9.17, 15) is 4.79 Å². The highest BCUT2D eigenvalue weighted by atomic mass is 32.2. The molecule has 1 atom stereocenters. The number of rotatable bonds is 8. The molecule has 0 aliphatic carbocycles. The van der Waals surface area contributed by atoms with Gasteiger partial charge in [0.05, 0.1) is 11.9 Å². The number of carbonyl (C=O) groups is 1. The summed E-state index contributed by atoms with van der Waals surface area (Å²) in [5.74, 6) is 1.16. The fourth-order valence-electron chi connectivity index (χ4n) is 2.88. The van der Waals surface area contributed by atoms with Gasteiger partial charge in [-0.2, -0.15) is 0 Å². The first-order valence-corrected chi connectivity index (χ1v) is 10.1. The van der Waals surface area contributed by atoms with E-state index in [0.29, 0.717) is 18.2 Å². The summed E-state index contributed by atoms with van der Waals surface area (Å²) in [5.41, 5.74) is 8.53. The topological polar surface area (TPSA) is 83.0 Å². The van der Waals surface area contributed by atoms with Crippen molar-refractivity contribution in [2.75, 3.05) is 6.61 Å². The molecule has 3 aromatic rings. The molecule has 7 heteroatoms. The first-order chi connectivity index (χ1) is 13.5. The van der Waals surface area contributed by atoms with Gasteiger partial charge in [-0.15, -0.1) is 10.2 Å². The second kappa shape index (κ2) is 8.93. The predicted octanol–water partition coefficient (Wildman–Crippen LogP) is 4.00. The quantitative estimate of drug-likeness (QED) is 0.582. The van der Waals surface area contributed by atoms with Crippen LogP contribution in [0.15, 0.2) is 53.7 Å². The van der Waals surface area contributed by atoms with Crippen molar-refractivity contribution in [2.24, 2.45) is 5.73 Å². The van der Waals surface area contributed by atoms with Crippen molar-refractivity contribution in [3.8, 4) is 22.8 Å². The first-order valence-electron chi connectivity index (χ1n) is 9.25. The number of amides is 1. The van der Waals surface area contributed by atoms with Gasteiger partial charge in [-0.25, -0.2) is 0 Å². The molecule has 6 nitrogen and oxygen atoms in total. The zero-order chi connectivity index (χ0) is 20.1. The minimum absolute atomic E-state index is 0.356. The van der Waals surface area contributed by atoms with Gasteiger partial charge in [0.25, 0.3) is 0 Å². The van der Waals surface area contributed by atoms with E-state index in [0.717, 1.165) is 28.4 Å². The van der Waals surface area contributed by atoms with Gasteiger partial charge in [0.15, 0.2) is 11.0 Å². The molecule has 0 saturated carbocycles. The highest BCUT2D eigenvalue weighted by molar-refractivity contribution is 8.00. The second-order valence-electron chi connectivity index (χ2n) is 6.36.